The molecule has 0 radical (unpaired) electrons. The van der Waals surface area contributed by atoms with E-state index >= 15 is 0 Å². The minimum Gasteiger partial charge on any atom is -0.468 e. The van der Waals surface area contributed by atoms with Gasteiger partial charge in [-0.05, 0) is 44.3 Å². The van der Waals surface area contributed by atoms with Gasteiger partial charge in [0.15, 0.2) is 10.8 Å². The van der Waals surface area contributed by atoms with E-state index in [0.29, 0.717) is 10.7 Å². The molecule has 2 bridgehead atoms. The number of benzene rings is 1. The van der Waals surface area contributed by atoms with E-state index < -0.39 is 5.72 Å². The van der Waals surface area contributed by atoms with Gasteiger partial charge < -0.3 is 19.7 Å². The lowest BCUT2D eigenvalue weighted by Gasteiger charge is -2.52. The molecule has 3 rings (SSSR count). The van der Waals surface area contributed by atoms with Crippen LogP contribution in [-0.4, -0.2) is 35.4 Å². The highest BCUT2D eigenvalue weighted by Gasteiger charge is 2.46. The number of methoxy groups -OCH3 is 1. The Kier molecular flexibility index (Phi) is 3.28. The Balaban J connectivity index is 2.03. The smallest absolute Gasteiger partial charge is 0.337 e. The molecule has 0 unspecified atom stereocenters. The average Bonchev–Trinajstić information content (AvgIpc) is 2.45. The number of esters is 1. The van der Waals surface area contributed by atoms with Gasteiger partial charge >= 0.3 is 5.97 Å². The molecule has 2 atom stereocenters. The van der Waals surface area contributed by atoms with E-state index in [9.17, 15) is 4.79 Å². The Morgan fingerprint density at radius 2 is 2.38 bits per heavy atom. The van der Waals surface area contributed by atoms with Crippen molar-refractivity contribution in [2.45, 2.75) is 32.0 Å². The maximum absolute atomic E-state index is 11.7. The number of hydrogen-bond acceptors (Lipinski definition) is 4. The third-order valence-corrected chi connectivity index (χ3v) is 4.49. The molecule has 0 amide bonds. The number of carbonyl (C=O) groups is 1. The standard InChI is InChI=1S/C15H18N2O3S/c1-4-17-14(21)16-11-8-15(17,2)20-12-6-5-9(7-10(11)12)13(18)19-3/h5-7,11H,4,8H2,1-3H3,(H,16,21)/t11-,15-/m1/s1. The van der Waals surface area contributed by atoms with Crippen LogP contribution in [0.5, 0.6) is 5.75 Å². The first-order chi connectivity index (χ1) is 9.98. The van der Waals surface area contributed by atoms with Crippen LogP contribution in [0, 0.1) is 0 Å². The summed E-state index contributed by atoms with van der Waals surface area (Å²) in [5.41, 5.74) is 1.03. The Morgan fingerprint density at radius 1 is 1.62 bits per heavy atom. The van der Waals surface area contributed by atoms with E-state index in [-0.39, 0.29) is 12.0 Å². The fourth-order valence-corrected chi connectivity index (χ4v) is 3.60. The van der Waals surface area contributed by atoms with Crippen LogP contribution in [0.3, 0.4) is 0 Å². The molecule has 1 aromatic rings. The summed E-state index contributed by atoms with van der Waals surface area (Å²) in [6.07, 6.45) is 0.776. The minimum absolute atomic E-state index is 0.0543. The van der Waals surface area contributed by atoms with Gasteiger partial charge in [-0.25, -0.2) is 4.79 Å². The number of hydrogen-bond donors (Lipinski definition) is 1. The normalized spacial score (nSPS) is 26.5. The lowest BCUT2D eigenvalue weighted by Crippen LogP contribution is -2.64. The van der Waals surface area contributed by atoms with Gasteiger partial charge in [-0.3, -0.25) is 0 Å². The average molecular weight is 306 g/mol. The molecule has 6 heteroatoms. The van der Waals surface area contributed by atoms with Gasteiger partial charge in [0, 0.05) is 18.5 Å². The maximum atomic E-state index is 11.7. The van der Waals surface area contributed by atoms with E-state index in [4.69, 9.17) is 21.7 Å². The van der Waals surface area contributed by atoms with Gasteiger partial charge in [0.1, 0.15) is 5.75 Å². The zero-order valence-electron chi connectivity index (χ0n) is 12.3. The van der Waals surface area contributed by atoms with Crippen LogP contribution in [0.1, 0.15) is 42.2 Å². The summed E-state index contributed by atoms with van der Waals surface area (Å²) in [6.45, 7) is 4.89. The van der Waals surface area contributed by atoms with Gasteiger partial charge in [0.05, 0.1) is 18.7 Å². The van der Waals surface area contributed by atoms with E-state index in [1.807, 2.05) is 19.1 Å². The molecular formula is C15H18N2O3S. The first kappa shape index (κ1) is 14.1. The predicted molar refractivity (Wildman–Crippen MR) is 82.3 cm³/mol. The molecule has 0 spiro atoms. The zero-order chi connectivity index (χ0) is 15.2. The Hall–Kier alpha value is -1.82. The van der Waals surface area contributed by atoms with Gasteiger partial charge in [0.2, 0.25) is 0 Å². The Labute approximate surface area is 129 Å². The number of thiocarbonyl (C=S) groups is 1. The number of rotatable bonds is 2. The highest BCUT2D eigenvalue weighted by Crippen LogP contribution is 2.44. The van der Waals surface area contributed by atoms with Crippen LogP contribution in [0.25, 0.3) is 0 Å². The quantitative estimate of drug-likeness (QED) is 0.668. The minimum atomic E-state index is -0.443. The second kappa shape index (κ2) is 4.87. The first-order valence-corrected chi connectivity index (χ1v) is 7.38. The van der Waals surface area contributed by atoms with Crippen molar-refractivity contribution in [1.82, 2.24) is 10.2 Å². The van der Waals surface area contributed by atoms with E-state index in [0.717, 1.165) is 24.3 Å². The highest BCUT2D eigenvalue weighted by molar-refractivity contribution is 7.80. The van der Waals surface area contributed by atoms with Gasteiger partial charge in [-0.2, -0.15) is 0 Å². The molecule has 1 N–H and O–H groups in total. The number of fused-ring (bicyclic) bond motifs is 4. The second-order valence-electron chi connectivity index (χ2n) is 5.47. The Bertz CT molecular complexity index is 619. The lowest BCUT2D eigenvalue weighted by atomic mass is 9.89. The van der Waals surface area contributed by atoms with Crippen LogP contribution >= 0.6 is 12.2 Å². The molecule has 2 aliphatic rings. The van der Waals surface area contributed by atoms with Gasteiger partial charge in [0.25, 0.3) is 0 Å². The third-order valence-electron chi connectivity index (χ3n) is 4.15. The molecule has 1 fully saturated rings. The number of nitrogens with one attached hydrogen (secondary N) is 1. The van der Waals surface area contributed by atoms with Crippen LogP contribution in [0.15, 0.2) is 18.2 Å². The Morgan fingerprint density at radius 3 is 3.05 bits per heavy atom. The molecule has 2 heterocycles. The summed E-state index contributed by atoms with van der Waals surface area (Å²) in [7, 11) is 1.38. The summed E-state index contributed by atoms with van der Waals surface area (Å²) in [6, 6.07) is 5.43. The fourth-order valence-electron chi connectivity index (χ4n) is 3.14. The molecule has 0 saturated carbocycles. The van der Waals surface area contributed by atoms with Crippen molar-refractivity contribution < 1.29 is 14.3 Å². The second-order valence-corrected chi connectivity index (χ2v) is 5.86. The van der Waals surface area contributed by atoms with Crippen molar-refractivity contribution >= 4 is 23.3 Å². The van der Waals surface area contributed by atoms with Gasteiger partial charge in [-0.15, -0.1) is 0 Å². The van der Waals surface area contributed by atoms with E-state index in [1.54, 1.807) is 6.07 Å². The molecule has 2 aliphatic heterocycles. The van der Waals surface area contributed by atoms with Crippen molar-refractivity contribution in [1.29, 1.82) is 0 Å². The predicted octanol–water partition coefficient (Wildman–Crippen LogP) is 2.22. The topological polar surface area (TPSA) is 50.8 Å². The summed E-state index contributed by atoms with van der Waals surface area (Å²) >= 11 is 5.43. The molecular weight excluding hydrogens is 288 g/mol. The molecule has 5 nitrogen and oxygen atoms in total. The fraction of sp³-hybridized carbons (Fsp3) is 0.467. The molecule has 21 heavy (non-hydrogen) atoms. The van der Waals surface area contributed by atoms with Crippen molar-refractivity contribution in [2.24, 2.45) is 0 Å². The molecule has 0 aromatic heterocycles. The van der Waals surface area contributed by atoms with Crippen LogP contribution in [0.2, 0.25) is 0 Å². The number of carbonyl (C=O) groups excluding carboxylic acids is 1. The largest absolute Gasteiger partial charge is 0.468 e. The van der Waals surface area contributed by atoms with Gasteiger partial charge in [-0.1, -0.05) is 0 Å². The molecule has 112 valence electrons. The van der Waals surface area contributed by atoms with E-state index in [1.165, 1.54) is 7.11 Å². The summed E-state index contributed by atoms with van der Waals surface area (Å²) in [4.78, 5) is 13.7. The monoisotopic (exact) mass is 306 g/mol. The van der Waals surface area contributed by atoms with Crippen molar-refractivity contribution in [3.8, 4) is 5.75 Å². The maximum Gasteiger partial charge on any atom is 0.337 e. The molecule has 1 saturated heterocycles. The summed E-state index contributed by atoms with van der Waals surface area (Å²) in [5.74, 6) is 0.439. The van der Waals surface area contributed by atoms with Crippen LogP contribution in [0.4, 0.5) is 0 Å². The van der Waals surface area contributed by atoms with E-state index in [2.05, 4.69) is 17.1 Å². The first-order valence-electron chi connectivity index (χ1n) is 6.98. The van der Waals surface area contributed by atoms with Crippen LogP contribution < -0.4 is 10.1 Å². The third kappa shape index (κ3) is 2.14. The number of nitrogens with zero attached hydrogens (tertiary/aromatic N) is 1. The highest BCUT2D eigenvalue weighted by atomic mass is 32.1. The summed E-state index contributed by atoms with van der Waals surface area (Å²) in [5, 5.41) is 4.03. The SMILES string of the molecule is CCN1C(=S)N[C@@H]2C[C@@]1(C)Oc1ccc(C(=O)OC)cc12. The van der Waals surface area contributed by atoms with Crippen molar-refractivity contribution in [2.75, 3.05) is 13.7 Å². The zero-order valence-corrected chi connectivity index (χ0v) is 13.1. The van der Waals surface area contributed by atoms with Crippen LogP contribution in [-0.2, 0) is 4.74 Å². The molecule has 1 aromatic carbocycles. The van der Waals surface area contributed by atoms with Crippen molar-refractivity contribution in [3.63, 3.8) is 0 Å². The van der Waals surface area contributed by atoms with Crippen molar-refractivity contribution in [3.05, 3.63) is 29.3 Å². The molecule has 0 aliphatic carbocycles. The lowest BCUT2D eigenvalue weighted by molar-refractivity contribution is -0.0658. The summed E-state index contributed by atoms with van der Waals surface area (Å²) < 4.78 is 11.0. The number of ether oxygens (including phenoxy) is 2.